The number of amides is 1. The summed E-state index contributed by atoms with van der Waals surface area (Å²) in [6.07, 6.45) is 2.33. The number of hydrogen-bond donors (Lipinski definition) is 1. The Morgan fingerprint density at radius 2 is 1.97 bits per heavy atom. The summed E-state index contributed by atoms with van der Waals surface area (Å²) in [5.41, 5.74) is 3.09. The molecule has 4 nitrogen and oxygen atoms in total. The molecule has 30 heavy (non-hydrogen) atoms. The Hall–Kier alpha value is -2.15. The number of benzene rings is 2. The van der Waals surface area contributed by atoms with E-state index in [0.29, 0.717) is 29.4 Å². The second-order valence-electron chi connectivity index (χ2n) is 6.94. The van der Waals surface area contributed by atoms with E-state index in [4.69, 9.17) is 27.9 Å². The van der Waals surface area contributed by atoms with Gasteiger partial charge in [0.15, 0.2) is 0 Å². The maximum absolute atomic E-state index is 13.7. The molecule has 1 amide bonds. The van der Waals surface area contributed by atoms with Gasteiger partial charge in [0.25, 0.3) is 0 Å². The topological polar surface area (TPSA) is 45.3 Å². The first-order valence-electron chi connectivity index (χ1n) is 9.50. The standard InChI is InChI=1S/C18H13ClF2N2O.C4H9ClO/c19-11-1-2-16-15(7-11)14-3-4-23(9-24)18(17(14)22-16)10-5-12(20)8-13(21)6-10;1-6-4-2-3-5/h1-2,5-9,18,22H,3-4H2;2-4H2,1H3. The van der Waals surface area contributed by atoms with Gasteiger partial charge in [0.1, 0.15) is 11.6 Å². The van der Waals surface area contributed by atoms with Gasteiger partial charge in [0.2, 0.25) is 6.41 Å². The van der Waals surface area contributed by atoms with Crippen LogP contribution in [-0.2, 0) is 16.0 Å². The summed E-state index contributed by atoms with van der Waals surface area (Å²) in [7, 11) is 1.67. The largest absolute Gasteiger partial charge is 0.385 e. The normalized spacial score (nSPS) is 15.5. The Balaban J connectivity index is 0.000000377. The lowest BCUT2D eigenvalue weighted by molar-refractivity contribution is -0.120. The molecule has 0 aliphatic carbocycles. The molecule has 4 rings (SSSR count). The SMILES string of the molecule is COCCCCl.O=CN1CCc2c([nH]c3ccc(Cl)cc23)C1c1cc(F)cc(F)c1. The Labute approximate surface area is 183 Å². The summed E-state index contributed by atoms with van der Waals surface area (Å²) >= 11 is 11.4. The third-order valence-corrected chi connectivity index (χ3v) is 5.45. The molecule has 1 unspecified atom stereocenters. The van der Waals surface area contributed by atoms with Gasteiger partial charge in [-0.2, -0.15) is 0 Å². The van der Waals surface area contributed by atoms with Crippen LogP contribution in [0.5, 0.6) is 0 Å². The molecule has 1 aromatic heterocycles. The van der Waals surface area contributed by atoms with E-state index in [9.17, 15) is 13.6 Å². The van der Waals surface area contributed by atoms with Crippen LogP contribution in [0.25, 0.3) is 10.9 Å². The molecular weight excluding hydrogens is 433 g/mol. The average molecular weight is 455 g/mol. The number of rotatable bonds is 5. The van der Waals surface area contributed by atoms with Crippen LogP contribution in [0.2, 0.25) is 5.02 Å². The van der Waals surface area contributed by atoms with Gasteiger partial charge in [-0.3, -0.25) is 4.79 Å². The van der Waals surface area contributed by atoms with Gasteiger partial charge in [-0.1, -0.05) is 11.6 Å². The molecule has 0 bridgehead atoms. The second-order valence-corrected chi connectivity index (χ2v) is 7.76. The number of methoxy groups -OCH3 is 1. The Bertz CT molecular complexity index is 1000. The van der Waals surface area contributed by atoms with Crippen LogP contribution in [0, 0.1) is 11.6 Å². The molecule has 2 aromatic carbocycles. The summed E-state index contributed by atoms with van der Waals surface area (Å²) in [6, 6.07) is 8.30. The number of alkyl halides is 1. The predicted molar refractivity (Wildman–Crippen MR) is 115 cm³/mol. The van der Waals surface area contributed by atoms with Gasteiger partial charge in [-0.15, -0.1) is 11.6 Å². The molecule has 0 spiro atoms. The molecule has 1 aliphatic rings. The number of halogens is 4. The zero-order valence-electron chi connectivity index (χ0n) is 16.4. The zero-order valence-corrected chi connectivity index (χ0v) is 17.9. The maximum atomic E-state index is 13.7. The van der Waals surface area contributed by atoms with E-state index in [1.54, 1.807) is 18.1 Å². The lowest BCUT2D eigenvalue weighted by atomic mass is 9.93. The second kappa shape index (κ2) is 10.2. The molecule has 0 radical (unpaired) electrons. The monoisotopic (exact) mass is 454 g/mol. The molecule has 160 valence electrons. The van der Waals surface area contributed by atoms with Crippen LogP contribution in [0.4, 0.5) is 8.78 Å². The van der Waals surface area contributed by atoms with Crippen molar-refractivity contribution in [1.29, 1.82) is 0 Å². The lowest BCUT2D eigenvalue weighted by Crippen LogP contribution is -2.35. The third-order valence-electron chi connectivity index (χ3n) is 4.94. The molecule has 0 saturated carbocycles. The number of aromatic amines is 1. The molecule has 0 saturated heterocycles. The molecule has 1 aliphatic heterocycles. The van der Waals surface area contributed by atoms with Crippen molar-refractivity contribution in [2.24, 2.45) is 0 Å². The molecule has 8 heteroatoms. The van der Waals surface area contributed by atoms with Gasteiger partial charge in [0, 0.05) is 53.8 Å². The number of H-pyrrole nitrogens is 1. The van der Waals surface area contributed by atoms with E-state index in [-0.39, 0.29) is 0 Å². The van der Waals surface area contributed by atoms with Crippen molar-refractivity contribution in [3.8, 4) is 0 Å². The highest BCUT2D eigenvalue weighted by Gasteiger charge is 2.31. The first kappa shape index (κ1) is 22.5. The van der Waals surface area contributed by atoms with Crippen molar-refractivity contribution < 1.29 is 18.3 Å². The van der Waals surface area contributed by atoms with Crippen LogP contribution in [0.1, 0.15) is 29.3 Å². The summed E-state index contributed by atoms with van der Waals surface area (Å²) in [5, 5.41) is 1.60. The molecule has 1 N–H and O–H groups in total. The molecule has 1 atom stereocenters. The highest BCUT2D eigenvalue weighted by Crippen LogP contribution is 2.38. The number of hydrogen-bond acceptors (Lipinski definition) is 2. The van der Waals surface area contributed by atoms with Gasteiger partial charge in [-0.05, 0) is 54.3 Å². The summed E-state index contributed by atoms with van der Waals surface area (Å²) in [6.45, 7) is 1.25. The lowest BCUT2D eigenvalue weighted by Gasteiger charge is -2.33. The van der Waals surface area contributed by atoms with Crippen LogP contribution >= 0.6 is 23.2 Å². The number of nitrogens with zero attached hydrogens (tertiary/aromatic N) is 1. The van der Waals surface area contributed by atoms with E-state index in [0.717, 1.165) is 47.7 Å². The molecular formula is C22H22Cl2F2N2O2. The number of aromatic nitrogens is 1. The minimum atomic E-state index is -0.665. The first-order chi connectivity index (χ1) is 14.5. The zero-order chi connectivity index (χ0) is 21.7. The summed E-state index contributed by atoms with van der Waals surface area (Å²) < 4.78 is 32.0. The minimum Gasteiger partial charge on any atom is -0.385 e. The van der Waals surface area contributed by atoms with Gasteiger partial charge < -0.3 is 14.6 Å². The number of nitrogens with one attached hydrogen (secondary N) is 1. The van der Waals surface area contributed by atoms with Gasteiger partial charge in [-0.25, -0.2) is 8.78 Å². The summed E-state index contributed by atoms with van der Waals surface area (Å²) in [4.78, 5) is 16.3. The Kier molecular flexibility index (Phi) is 7.69. The number of fused-ring (bicyclic) bond motifs is 3. The molecule has 3 aromatic rings. The maximum Gasteiger partial charge on any atom is 0.210 e. The van der Waals surface area contributed by atoms with E-state index in [1.807, 2.05) is 12.1 Å². The summed E-state index contributed by atoms with van der Waals surface area (Å²) in [5.74, 6) is -0.627. The Morgan fingerprint density at radius 3 is 2.57 bits per heavy atom. The Morgan fingerprint density at radius 1 is 1.23 bits per heavy atom. The third kappa shape index (κ3) is 4.94. The smallest absolute Gasteiger partial charge is 0.210 e. The van der Waals surface area contributed by atoms with Crippen molar-refractivity contribution in [1.82, 2.24) is 9.88 Å². The van der Waals surface area contributed by atoms with E-state index >= 15 is 0 Å². The quantitative estimate of drug-likeness (QED) is 0.315. The fraction of sp³-hybridized carbons (Fsp3) is 0.318. The van der Waals surface area contributed by atoms with Gasteiger partial charge in [0.05, 0.1) is 6.04 Å². The fourth-order valence-corrected chi connectivity index (χ4v) is 3.96. The number of carbonyl (C=O) groups excluding carboxylic acids is 1. The first-order valence-corrected chi connectivity index (χ1v) is 10.4. The van der Waals surface area contributed by atoms with Crippen molar-refractivity contribution in [2.75, 3.05) is 26.1 Å². The van der Waals surface area contributed by atoms with Crippen LogP contribution in [0.15, 0.2) is 36.4 Å². The minimum absolute atomic E-state index is 0.401. The number of ether oxygens (including phenoxy) is 1. The van der Waals surface area contributed by atoms with Crippen molar-refractivity contribution in [3.05, 3.63) is 69.9 Å². The van der Waals surface area contributed by atoms with Crippen LogP contribution in [-0.4, -0.2) is 42.4 Å². The predicted octanol–water partition coefficient (Wildman–Crippen LogP) is 5.47. The van der Waals surface area contributed by atoms with Crippen LogP contribution < -0.4 is 0 Å². The van der Waals surface area contributed by atoms with E-state index in [2.05, 4.69) is 4.98 Å². The molecule has 0 fully saturated rings. The average Bonchev–Trinajstić information content (AvgIpc) is 3.09. The fourth-order valence-electron chi connectivity index (χ4n) is 3.68. The highest BCUT2D eigenvalue weighted by molar-refractivity contribution is 6.31. The van der Waals surface area contributed by atoms with Crippen molar-refractivity contribution >= 4 is 40.5 Å². The van der Waals surface area contributed by atoms with E-state index < -0.39 is 17.7 Å². The highest BCUT2D eigenvalue weighted by atomic mass is 35.5. The van der Waals surface area contributed by atoms with Crippen LogP contribution in [0.3, 0.4) is 0 Å². The van der Waals surface area contributed by atoms with E-state index in [1.165, 1.54) is 12.1 Å². The number of carbonyl (C=O) groups is 1. The van der Waals surface area contributed by atoms with Gasteiger partial charge >= 0.3 is 0 Å². The van der Waals surface area contributed by atoms with Crippen molar-refractivity contribution in [2.45, 2.75) is 18.9 Å². The van der Waals surface area contributed by atoms with Crippen molar-refractivity contribution in [3.63, 3.8) is 0 Å². The molecule has 2 heterocycles.